The monoisotopic (exact) mass is 363 g/mol. The second kappa shape index (κ2) is 7.82. The quantitative estimate of drug-likeness (QED) is 0.649. The van der Waals surface area contributed by atoms with E-state index in [1.54, 1.807) is 12.3 Å². The minimum atomic E-state index is -0.348. The first-order valence-corrected chi connectivity index (χ1v) is 8.60. The highest BCUT2D eigenvalue weighted by Gasteiger charge is 2.18. The van der Waals surface area contributed by atoms with E-state index in [2.05, 4.69) is 25.8 Å². The van der Waals surface area contributed by atoms with Crippen LogP contribution in [0.25, 0.3) is 0 Å². The fourth-order valence-corrected chi connectivity index (χ4v) is 2.72. The number of rotatable bonds is 5. The Hall–Kier alpha value is -3.48. The number of H-pyrrole nitrogens is 1. The Bertz CT molecular complexity index is 966. The van der Waals surface area contributed by atoms with E-state index in [1.165, 1.54) is 13.1 Å². The zero-order valence-corrected chi connectivity index (χ0v) is 15.4. The highest BCUT2D eigenvalue weighted by atomic mass is 16.2. The molecule has 27 heavy (non-hydrogen) atoms. The largest absolute Gasteiger partial charge is 0.354 e. The van der Waals surface area contributed by atoms with E-state index in [4.69, 9.17) is 0 Å². The van der Waals surface area contributed by atoms with E-state index >= 15 is 0 Å². The number of amides is 2. The SMILES string of the molecule is CNC(=O)c1cc(C(=O)Nc2n[nH]cc2C)cc([C@@H](C)c2ccccc2)n1. The fourth-order valence-electron chi connectivity index (χ4n) is 2.72. The van der Waals surface area contributed by atoms with Crippen molar-refractivity contribution < 1.29 is 9.59 Å². The second-order valence-electron chi connectivity index (χ2n) is 6.25. The molecular weight excluding hydrogens is 342 g/mol. The predicted molar refractivity (Wildman–Crippen MR) is 103 cm³/mol. The number of hydrogen-bond acceptors (Lipinski definition) is 4. The first kappa shape index (κ1) is 18.3. The lowest BCUT2D eigenvalue weighted by Crippen LogP contribution is -2.22. The predicted octanol–water partition coefficient (Wildman–Crippen LogP) is 2.88. The van der Waals surface area contributed by atoms with Crippen LogP contribution in [0.4, 0.5) is 5.82 Å². The van der Waals surface area contributed by atoms with E-state index in [-0.39, 0.29) is 23.4 Å². The topological polar surface area (TPSA) is 99.8 Å². The van der Waals surface area contributed by atoms with Crippen molar-refractivity contribution >= 4 is 17.6 Å². The average Bonchev–Trinajstić information content (AvgIpc) is 3.11. The van der Waals surface area contributed by atoms with Gasteiger partial charge in [0.05, 0.1) is 0 Å². The Morgan fingerprint density at radius 2 is 1.85 bits per heavy atom. The van der Waals surface area contributed by atoms with Gasteiger partial charge in [-0.3, -0.25) is 14.7 Å². The lowest BCUT2D eigenvalue weighted by atomic mass is 9.96. The number of anilines is 1. The molecule has 0 saturated carbocycles. The number of aromatic amines is 1. The molecule has 3 aromatic rings. The number of carbonyl (C=O) groups is 2. The number of aryl methyl sites for hydroxylation is 1. The van der Waals surface area contributed by atoms with Crippen molar-refractivity contribution in [2.24, 2.45) is 0 Å². The summed E-state index contributed by atoms with van der Waals surface area (Å²) < 4.78 is 0. The third kappa shape index (κ3) is 4.03. The number of nitrogens with zero attached hydrogens (tertiary/aromatic N) is 2. The first-order chi connectivity index (χ1) is 13.0. The van der Waals surface area contributed by atoms with E-state index < -0.39 is 0 Å². The average molecular weight is 363 g/mol. The van der Waals surface area contributed by atoms with Crippen LogP contribution in [-0.2, 0) is 0 Å². The maximum absolute atomic E-state index is 12.7. The molecule has 138 valence electrons. The maximum atomic E-state index is 12.7. The third-order valence-corrected chi connectivity index (χ3v) is 4.37. The summed E-state index contributed by atoms with van der Waals surface area (Å²) in [6.07, 6.45) is 1.70. The Balaban J connectivity index is 1.99. The van der Waals surface area contributed by atoms with Gasteiger partial charge in [-0.25, -0.2) is 4.98 Å². The first-order valence-electron chi connectivity index (χ1n) is 8.60. The number of pyridine rings is 1. The molecule has 0 radical (unpaired) electrons. The van der Waals surface area contributed by atoms with Gasteiger partial charge in [0.1, 0.15) is 5.69 Å². The summed E-state index contributed by atoms with van der Waals surface area (Å²) in [6, 6.07) is 13.0. The van der Waals surface area contributed by atoms with Crippen molar-refractivity contribution in [3.8, 4) is 0 Å². The Morgan fingerprint density at radius 3 is 2.48 bits per heavy atom. The van der Waals surface area contributed by atoms with Crippen molar-refractivity contribution in [2.75, 3.05) is 12.4 Å². The molecule has 0 unspecified atom stereocenters. The van der Waals surface area contributed by atoms with E-state index in [1.807, 2.05) is 44.2 Å². The molecule has 1 aromatic carbocycles. The molecule has 0 aliphatic carbocycles. The summed E-state index contributed by atoms with van der Waals surface area (Å²) in [5.41, 5.74) is 3.06. The van der Waals surface area contributed by atoms with Gasteiger partial charge in [-0.15, -0.1) is 0 Å². The normalized spacial score (nSPS) is 11.7. The zero-order valence-electron chi connectivity index (χ0n) is 15.4. The van der Waals surface area contributed by atoms with Gasteiger partial charge in [0.25, 0.3) is 11.8 Å². The van der Waals surface area contributed by atoms with Gasteiger partial charge in [0.2, 0.25) is 0 Å². The number of aromatic nitrogens is 3. The molecule has 0 bridgehead atoms. The zero-order chi connectivity index (χ0) is 19.4. The molecule has 0 saturated heterocycles. The molecule has 7 heteroatoms. The van der Waals surface area contributed by atoms with Crippen molar-refractivity contribution in [1.29, 1.82) is 0 Å². The van der Waals surface area contributed by atoms with Crippen LogP contribution in [0, 0.1) is 6.92 Å². The Morgan fingerprint density at radius 1 is 1.11 bits per heavy atom. The lowest BCUT2D eigenvalue weighted by molar-refractivity contribution is 0.0958. The Kier molecular flexibility index (Phi) is 5.30. The number of hydrogen-bond donors (Lipinski definition) is 3. The van der Waals surface area contributed by atoms with Crippen molar-refractivity contribution in [3.05, 3.63) is 76.7 Å². The van der Waals surface area contributed by atoms with Gasteiger partial charge >= 0.3 is 0 Å². The summed E-state index contributed by atoms with van der Waals surface area (Å²) in [4.78, 5) is 29.3. The minimum Gasteiger partial charge on any atom is -0.354 e. The van der Waals surface area contributed by atoms with Crippen LogP contribution in [0.3, 0.4) is 0 Å². The molecule has 7 nitrogen and oxygen atoms in total. The molecule has 0 aliphatic heterocycles. The molecule has 2 heterocycles. The molecule has 3 rings (SSSR count). The van der Waals surface area contributed by atoms with Gasteiger partial charge < -0.3 is 10.6 Å². The second-order valence-corrected chi connectivity index (χ2v) is 6.25. The van der Waals surface area contributed by atoms with E-state index in [0.717, 1.165) is 11.1 Å². The molecular formula is C20H21N5O2. The van der Waals surface area contributed by atoms with E-state index in [9.17, 15) is 9.59 Å². The van der Waals surface area contributed by atoms with E-state index in [0.29, 0.717) is 17.1 Å². The van der Waals surface area contributed by atoms with Crippen molar-refractivity contribution in [2.45, 2.75) is 19.8 Å². The minimum absolute atomic E-state index is 0.0746. The number of benzene rings is 1. The molecule has 0 fully saturated rings. The highest BCUT2D eigenvalue weighted by Crippen LogP contribution is 2.24. The van der Waals surface area contributed by atoms with Gasteiger partial charge in [0.15, 0.2) is 5.82 Å². The van der Waals surface area contributed by atoms with Crippen molar-refractivity contribution in [3.63, 3.8) is 0 Å². The molecule has 2 amide bonds. The van der Waals surface area contributed by atoms with Crippen LogP contribution in [0.15, 0.2) is 48.7 Å². The van der Waals surface area contributed by atoms with Crippen molar-refractivity contribution in [1.82, 2.24) is 20.5 Å². The lowest BCUT2D eigenvalue weighted by Gasteiger charge is -2.14. The number of nitrogens with one attached hydrogen (secondary N) is 3. The molecule has 0 spiro atoms. The van der Waals surface area contributed by atoms with Crippen LogP contribution in [-0.4, -0.2) is 34.0 Å². The molecule has 3 N–H and O–H groups in total. The summed E-state index contributed by atoms with van der Waals surface area (Å²) >= 11 is 0. The summed E-state index contributed by atoms with van der Waals surface area (Å²) in [5.74, 6) is -0.313. The Labute approximate surface area is 157 Å². The van der Waals surface area contributed by atoms with Gasteiger partial charge in [-0.1, -0.05) is 37.3 Å². The third-order valence-electron chi connectivity index (χ3n) is 4.37. The maximum Gasteiger partial charge on any atom is 0.269 e. The smallest absolute Gasteiger partial charge is 0.269 e. The van der Waals surface area contributed by atoms with Gasteiger partial charge in [0, 0.05) is 36.0 Å². The van der Waals surface area contributed by atoms with Crippen LogP contribution in [0.2, 0.25) is 0 Å². The summed E-state index contributed by atoms with van der Waals surface area (Å²) in [7, 11) is 1.53. The van der Waals surface area contributed by atoms with Gasteiger partial charge in [-0.05, 0) is 24.6 Å². The summed E-state index contributed by atoms with van der Waals surface area (Å²) in [6.45, 7) is 3.83. The van der Waals surface area contributed by atoms with Crippen LogP contribution in [0.1, 0.15) is 50.5 Å². The standard InChI is InChI=1S/C20H21N5O2/c1-12-11-22-25-18(12)24-19(26)15-9-16(23-17(10-15)20(27)21-3)13(2)14-7-5-4-6-8-14/h4-11,13H,1-3H3,(H,21,27)(H2,22,24,25,26)/t13-/m0/s1. The van der Waals surface area contributed by atoms with Crippen LogP contribution in [0.5, 0.6) is 0 Å². The summed E-state index contributed by atoms with van der Waals surface area (Å²) in [5, 5.41) is 12.0. The molecule has 1 atom stereocenters. The molecule has 2 aromatic heterocycles. The molecule has 0 aliphatic rings. The number of carbonyl (C=O) groups excluding carboxylic acids is 2. The van der Waals surface area contributed by atoms with Crippen LogP contribution >= 0.6 is 0 Å². The highest BCUT2D eigenvalue weighted by molar-refractivity contribution is 6.05. The fraction of sp³-hybridized carbons (Fsp3) is 0.200. The van der Waals surface area contributed by atoms with Gasteiger partial charge in [-0.2, -0.15) is 5.10 Å². The van der Waals surface area contributed by atoms with Crippen LogP contribution < -0.4 is 10.6 Å².